The molecule has 5 heteroatoms. The largest absolute Gasteiger partial charge is 0.356 e. The number of aromatic nitrogens is 1. The number of amides is 1. The van der Waals surface area contributed by atoms with Crippen molar-refractivity contribution in [2.45, 2.75) is 63.1 Å². The Labute approximate surface area is 144 Å². The third-order valence-corrected chi connectivity index (χ3v) is 5.88. The van der Waals surface area contributed by atoms with E-state index in [4.69, 9.17) is 0 Å². The molecule has 3 saturated heterocycles. The highest BCUT2D eigenvalue weighted by atomic mass is 16.1. The Balaban J connectivity index is 1.21. The Morgan fingerprint density at radius 3 is 2.58 bits per heavy atom. The summed E-state index contributed by atoms with van der Waals surface area (Å²) in [6.07, 6.45) is 9.55. The number of hydrogen-bond acceptors (Lipinski definition) is 4. The van der Waals surface area contributed by atoms with Crippen molar-refractivity contribution in [3.63, 3.8) is 0 Å². The number of anilines is 1. The van der Waals surface area contributed by atoms with Gasteiger partial charge in [0.1, 0.15) is 5.82 Å². The van der Waals surface area contributed by atoms with Crippen LogP contribution in [0.3, 0.4) is 0 Å². The molecule has 1 aromatic heterocycles. The summed E-state index contributed by atoms with van der Waals surface area (Å²) in [6, 6.07) is 7.71. The first-order chi connectivity index (χ1) is 11.8. The number of nitrogens with one attached hydrogen (secondary N) is 2. The van der Waals surface area contributed by atoms with Crippen LogP contribution < -0.4 is 15.5 Å². The lowest BCUT2D eigenvalue weighted by Crippen LogP contribution is -2.46. The number of piperidine rings is 2. The van der Waals surface area contributed by atoms with Gasteiger partial charge in [0.25, 0.3) is 0 Å². The second kappa shape index (κ2) is 7.09. The predicted molar refractivity (Wildman–Crippen MR) is 94.9 cm³/mol. The molecule has 4 heterocycles. The summed E-state index contributed by atoms with van der Waals surface area (Å²) in [4.78, 5) is 19.1. The third-order valence-electron chi connectivity index (χ3n) is 5.88. The average Bonchev–Trinajstić information content (AvgIpc) is 2.95. The highest BCUT2D eigenvalue weighted by molar-refractivity contribution is 5.76. The van der Waals surface area contributed by atoms with Gasteiger partial charge in [-0.15, -0.1) is 0 Å². The maximum atomic E-state index is 12.4. The van der Waals surface area contributed by atoms with Gasteiger partial charge in [-0.05, 0) is 56.6 Å². The molecule has 0 radical (unpaired) electrons. The van der Waals surface area contributed by atoms with E-state index < -0.39 is 0 Å². The summed E-state index contributed by atoms with van der Waals surface area (Å²) in [6.45, 7) is 1.94. The zero-order valence-electron chi connectivity index (χ0n) is 14.3. The summed E-state index contributed by atoms with van der Waals surface area (Å²) < 4.78 is 0. The molecule has 0 aliphatic carbocycles. The molecule has 2 atom stereocenters. The maximum absolute atomic E-state index is 12.4. The molecule has 130 valence electrons. The van der Waals surface area contributed by atoms with E-state index >= 15 is 0 Å². The van der Waals surface area contributed by atoms with Crippen LogP contribution in [0.5, 0.6) is 0 Å². The second-order valence-electron chi connectivity index (χ2n) is 7.70. The Kier molecular flexibility index (Phi) is 4.69. The van der Waals surface area contributed by atoms with Gasteiger partial charge in [-0.1, -0.05) is 6.07 Å². The Morgan fingerprint density at radius 2 is 1.92 bits per heavy atom. The van der Waals surface area contributed by atoms with Crippen LogP contribution in [0.1, 0.15) is 44.9 Å². The van der Waals surface area contributed by atoms with Gasteiger partial charge < -0.3 is 15.5 Å². The summed E-state index contributed by atoms with van der Waals surface area (Å²) in [7, 11) is 0. The summed E-state index contributed by atoms with van der Waals surface area (Å²) in [5.74, 6) is 1.89. The minimum atomic E-state index is 0.262. The van der Waals surface area contributed by atoms with E-state index in [2.05, 4.69) is 26.6 Å². The first-order valence-electron chi connectivity index (χ1n) is 9.47. The molecule has 3 aliphatic rings. The van der Waals surface area contributed by atoms with Crippen molar-refractivity contribution in [3.8, 4) is 0 Å². The normalized spacial score (nSPS) is 30.3. The Morgan fingerprint density at radius 1 is 1.17 bits per heavy atom. The monoisotopic (exact) mass is 328 g/mol. The Bertz CT molecular complexity index is 544. The average molecular weight is 328 g/mol. The summed E-state index contributed by atoms with van der Waals surface area (Å²) in [5, 5.41) is 6.93. The van der Waals surface area contributed by atoms with Gasteiger partial charge in [-0.3, -0.25) is 4.79 Å². The molecule has 0 spiro atoms. The number of nitrogens with zero attached hydrogens (tertiary/aromatic N) is 2. The molecular weight excluding hydrogens is 300 g/mol. The topological polar surface area (TPSA) is 57.3 Å². The van der Waals surface area contributed by atoms with E-state index in [1.165, 1.54) is 25.7 Å². The van der Waals surface area contributed by atoms with Crippen molar-refractivity contribution >= 4 is 11.7 Å². The molecule has 0 aromatic carbocycles. The van der Waals surface area contributed by atoms with Gasteiger partial charge in [0, 0.05) is 43.8 Å². The van der Waals surface area contributed by atoms with E-state index in [0.29, 0.717) is 24.0 Å². The molecular formula is C19H28N4O. The number of pyridine rings is 1. The van der Waals surface area contributed by atoms with Crippen molar-refractivity contribution in [1.82, 2.24) is 15.6 Å². The minimum absolute atomic E-state index is 0.262. The highest BCUT2D eigenvalue weighted by Crippen LogP contribution is 2.32. The molecule has 2 bridgehead atoms. The number of carbonyl (C=O) groups is 1. The van der Waals surface area contributed by atoms with Crippen LogP contribution in [0.4, 0.5) is 5.82 Å². The molecule has 2 N–H and O–H groups in total. The van der Waals surface area contributed by atoms with Crippen molar-refractivity contribution < 1.29 is 4.79 Å². The van der Waals surface area contributed by atoms with Gasteiger partial charge in [0.2, 0.25) is 5.91 Å². The molecule has 4 rings (SSSR count). The van der Waals surface area contributed by atoms with Crippen molar-refractivity contribution in [3.05, 3.63) is 24.4 Å². The minimum Gasteiger partial charge on any atom is -0.356 e. The smallest absolute Gasteiger partial charge is 0.220 e. The van der Waals surface area contributed by atoms with Crippen molar-refractivity contribution in [1.29, 1.82) is 0 Å². The van der Waals surface area contributed by atoms with Crippen molar-refractivity contribution in [2.75, 3.05) is 18.0 Å². The standard InChI is InChI=1S/C19H28N4O/c24-19(13-14-11-16-4-5-17(12-14)21-16)22-15-6-9-23(10-7-15)18-3-1-2-8-20-18/h1-3,8,14-17,21H,4-7,9-13H2,(H,22,24). The molecule has 1 aromatic rings. The highest BCUT2D eigenvalue weighted by Gasteiger charge is 2.34. The Hall–Kier alpha value is -1.62. The van der Waals surface area contributed by atoms with Crippen LogP contribution in [0.25, 0.3) is 0 Å². The molecule has 3 fully saturated rings. The van der Waals surface area contributed by atoms with Gasteiger partial charge in [0.15, 0.2) is 0 Å². The predicted octanol–water partition coefficient (Wildman–Crippen LogP) is 2.09. The number of fused-ring (bicyclic) bond motifs is 2. The fourth-order valence-corrected chi connectivity index (χ4v) is 4.68. The fourth-order valence-electron chi connectivity index (χ4n) is 4.68. The second-order valence-corrected chi connectivity index (χ2v) is 7.70. The zero-order chi connectivity index (χ0) is 16.4. The van der Waals surface area contributed by atoms with Crippen LogP contribution in [0.15, 0.2) is 24.4 Å². The quantitative estimate of drug-likeness (QED) is 0.888. The van der Waals surface area contributed by atoms with Crippen LogP contribution in [-0.4, -0.2) is 42.1 Å². The number of hydrogen-bond donors (Lipinski definition) is 2. The van der Waals surface area contributed by atoms with Gasteiger partial charge >= 0.3 is 0 Å². The number of rotatable bonds is 4. The lowest BCUT2D eigenvalue weighted by atomic mass is 9.89. The van der Waals surface area contributed by atoms with Crippen molar-refractivity contribution in [2.24, 2.45) is 5.92 Å². The van der Waals surface area contributed by atoms with E-state index in [9.17, 15) is 4.79 Å². The summed E-state index contributed by atoms with van der Waals surface area (Å²) >= 11 is 0. The SMILES string of the molecule is O=C(CC1CC2CCC(C1)N2)NC1CCN(c2ccccn2)CC1. The third kappa shape index (κ3) is 3.72. The first kappa shape index (κ1) is 15.9. The zero-order valence-corrected chi connectivity index (χ0v) is 14.3. The van der Waals surface area contributed by atoms with Gasteiger partial charge in [-0.2, -0.15) is 0 Å². The maximum Gasteiger partial charge on any atom is 0.220 e. The molecule has 5 nitrogen and oxygen atoms in total. The molecule has 1 amide bonds. The lowest BCUT2D eigenvalue weighted by Gasteiger charge is -2.34. The van der Waals surface area contributed by atoms with Crippen LogP contribution in [-0.2, 0) is 4.79 Å². The van der Waals surface area contributed by atoms with E-state index in [1.54, 1.807) is 0 Å². The summed E-state index contributed by atoms with van der Waals surface area (Å²) in [5.41, 5.74) is 0. The molecule has 2 unspecified atom stereocenters. The van der Waals surface area contributed by atoms with Gasteiger partial charge in [0.05, 0.1) is 0 Å². The van der Waals surface area contributed by atoms with E-state index in [-0.39, 0.29) is 5.91 Å². The van der Waals surface area contributed by atoms with E-state index in [1.807, 2.05) is 18.3 Å². The van der Waals surface area contributed by atoms with Gasteiger partial charge in [-0.25, -0.2) is 4.98 Å². The molecule has 0 saturated carbocycles. The lowest BCUT2D eigenvalue weighted by molar-refractivity contribution is -0.123. The van der Waals surface area contributed by atoms with Crippen LogP contribution in [0.2, 0.25) is 0 Å². The molecule has 24 heavy (non-hydrogen) atoms. The van der Waals surface area contributed by atoms with Crippen LogP contribution >= 0.6 is 0 Å². The van der Waals surface area contributed by atoms with E-state index in [0.717, 1.165) is 38.2 Å². The fraction of sp³-hybridized carbons (Fsp3) is 0.684. The first-order valence-corrected chi connectivity index (χ1v) is 9.47. The number of carbonyl (C=O) groups excluding carboxylic acids is 1. The molecule has 3 aliphatic heterocycles. The van der Waals surface area contributed by atoms with Crippen LogP contribution in [0, 0.1) is 5.92 Å².